The van der Waals surface area contributed by atoms with E-state index in [-0.39, 0.29) is 11.5 Å². The van der Waals surface area contributed by atoms with E-state index in [4.69, 9.17) is 18.7 Å². The van der Waals surface area contributed by atoms with E-state index in [9.17, 15) is 10.2 Å². The largest absolute Gasteiger partial charge is 0.508 e. The van der Waals surface area contributed by atoms with Crippen LogP contribution in [-0.4, -0.2) is 48.0 Å². The first-order valence-electron chi connectivity index (χ1n) is 13.2. The minimum atomic E-state index is -0.441. The van der Waals surface area contributed by atoms with Crippen LogP contribution in [0.15, 0.2) is 65.6 Å². The molecular formula is C31H35NO6S. The summed E-state index contributed by atoms with van der Waals surface area (Å²) in [5.41, 5.74) is 4.27. The van der Waals surface area contributed by atoms with Gasteiger partial charge in [-0.15, -0.1) is 0 Å². The zero-order valence-electron chi connectivity index (χ0n) is 22.7. The van der Waals surface area contributed by atoms with Crippen molar-refractivity contribution in [2.24, 2.45) is 5.92 Å². The van der Waals surface area contributed by atoms with E-state index in [0.29, 0.717) is 23.3 Å². The van der Waals surface area contributed by atoms with Crippen molar-refractivity contribution in [3.63, 3.8) is 0 Å². The highest BCUT2D eigenvalue weighted by Gasteiger charge is 2.32. The average Bonchev–Trinajstić information content (AvgIpc) is 3.38. The lowest BCUT2D eigenvalue weighted by molar-refractivity contribution is -0.160. The van der Waals surface area contributed by atoms with Crippen molar-refractivity contribution in [3.05, 3.63) is 77.4 Å². The van der Waals surface area contributed by atoms with Crippen LogP contribution in [0.3, 0.4) is 0 Å². The summed E-state index contributed by atoms with van der Waals surface area (Å²) in [6, 6.07) is 18.8. The zero-order chi connectivity index (χ0) is 27.5. The Morgan fingerprint density at radius 3 is 2.59 bits per heavy atom. The first kappa shape index (κ1) is 27.4. The van der Waals surface area contributed by atoms with Gasteiger partial charge in [-0.05, 0) is 85.8 Å². The number of phenolic OH excluding ortho intramolecular Hbond substituents is 2. The summed E-state index contributed by atoms with van der Waals surface area (Å²) < 4.78 is 17.8. The second kappa shape index (κ2) is 11.9. The predicted octanol–water partition coefficient (Wildman–Crippen LogP) is 6.86. The molecule has 7 nitrogen and oxygen atoms in total. The summed E-state index contributed by atoms with van der Waals surface area (Å²) in [6.45, 7) is 9.40. The van der Waals surface area contributed by atoms with Crippen molar-refractivity contribution in [2.75, 3.05) is 26.8 Å². The van der Waals surface area contributed by atoms with Crippen LogP contribution in [0.5, 0.6) is 23.0 Å². The molecule has 2 heterocycles. The van der Waals surface area contributed by atoms with Crippen molar-refractivity contribution in [3.8, 4) is 23.0 Å². The highest BCUT2D eigenvalue weighted by atomic mass is 32.2. The van der Waals surface area contributed by atoms with E-state index in [2.05, 4.69) is 18.7 Å². The van der Waals surface area contributed by atoms with Gasteiger partial charge in [0.05, 0.1) is 24.0 Å². The lowest BCUT2D eigenvalue weighted by atomic mass is 9.86. The molecule has 8 heteroatoms. The summed E-state index contributed by atoms with van der Waals surface area (Å²) in [5, 5.41) is 20.9. The van der Waals surface area contributed by atoms with E-state index < -0.39 is 6.10 Å². The highest BCUT2D eigenvalue weighted by molar-refractivity contribution is 7.94. The zero-order valence-corrected chi connectivity index (χ0v) is 23.5. The van der Waals surface area contributed by atoms with Crippen molar-refractivity contribution >= 4 is 23.2 Å². The molecule has 0 radical (unpaired) electrons. The third kappa shape index (κ3) is 5.89. The number of allylic oxidation sites excluding steroid dienone is 1. The van der Waals surface area contributed by atoms with Crippen LogP contribution in [0, 0.1) is 5.92 Å². The number of benzene rings is 3. The number of aromatic hydroxyl groups is 2. The van der Waals surface area contributed by atoms with Gasteiger partial charge in [-0.3, -0.25) is 4.90 Å². The van der Waals surface area contributed by atoms with E-state index in [1.54, 1.807) is 24.3 Å². The van der Waals surface area contributed by atoms with Crippen LogP contribution in [0.1, 0.15) is 50.0 Å². The lowest BCUT2D eigenvalue weighted by Crippen LogP contribution is -2.35. The Kier molecular flexibility index (Phi) is 8.37. The van der Waals surface area contributed by atoms with Gasteiger partial charge in [0.1, 0.15) is 35.7 Å². The van der Waals surface area contributed by atoms with Crippen molar-refractivity contribution in [1.29, 1.82) is 0 Å². The van der Waals surface area contributed by atoms with Gasteiger partial charge in [0.15, 0.2) is 0 Å². The minimum Gasteiger partial charge on any atom is -0.508 e. The first-order chi connectivity index (χ1) is 18.9. The fourth-order valence-corrected chi connectivity index (χ4v) is 6.01. The smallest absolute Gasteiger partial charge is 0.150 e. The predicted molar refractivity (Wildman–Crippen MR) is 153 cm³/mol. The van der Waals surface area contributed by atoms with Gasteiger partial charge >= 0.3 is 0 Å². The quantitative estimate of drug-likeness (QED) is 0.170. The molecule has 0 saturated carbocycles. The lowest BCUT2D eigenvalue weighted by Gasteiger charge is -2.32. The Morgan fingerprint density at radius 2 is 1.90 bits per heavy atom. The molecule has 2 N–H and O–H groups in total. The molecule has 0 amide bonds. The maximum Gasteiger partial charge on any atom is 0.150 e. The molecule has 3 atom stereocenters. The van der Waals surface area contributed by atoms with E-state index in [1.165, 1.54) is 13.5 Å². The first-order valence-corrected chi connectivity index (χ1v) is 14.0. The number of likely N-dealkylation sites (tertiary alicyclic amines) is 1. The van der Waals surface area contributed by atoms with Gasteiger partial charge in [-0.1, -0.05) is 31.2 Å². The normalized spacial score (nSPS) is 20.0. The number of phenols is 2. The third-order valence-electron chi connectivity index (χ3n) is 7.48. The SMILES string of the molecule is COOSc1c(O)ccc2c1C(C)=C(c1cccc(O)c1)C(c1ccc(OCC(C)N3CCC(C)C3)cc1)O2. The molecule has 1 fully saturated rings. The summed E-state index contributed by atoms with van der Waals surface area (Å²) in [7, 11) is 1.41. The number of fused-ring (bicyclic) bond motifs is 1. The summed E-state index contributed by atoms with van der Waals surface area (Å²) in [4.78, 5) is 7.75. The van der Waals surface area contributed by atoms with Crippen molar-refractivity contribution in [2.45, 2.75) is 44.2 Å². The highest BCUT2D eigenvalue weighted by Crippen LogP contribution is 2.51. The number of ether oxygens (including phenoxy) is 2. The van der Waals surface area contributed by atoms with Crippen LogP contribution >= 0.6 is 12.0 Å². The molecule has 0 aromatic heterocycles. The Labute approximate surface area is 234 Å². The molecule has 2 aliphatic rings. The van der Waals surface area contributed by atoms with E-state index in [1.807, 2.05) is 43.3 Å². The molecule has 0 aliphatic carbocycles. The summed E-state index contributed by atoms with van der Waals surface area (Å²) in [5.74, 6) is 2.41. The van der Waals surface area contributed by atoms with Gasteiger partial charge in [-0.2, -0.15) is 4.33 Å². The Morgan fingerprint density at radius 1 is 1.10 bits per heavy atom. The topological polar surface area (TPSA) is 80.6 Å². The van der Waals surface area contributed by atoms with Crippen LogP contribution in [0.4, 0.5) is 0 Å². The van der Waals surface area contributed by atoms with E-state index in [0.717, 1.165) is 64.6 Å². The molecular weight excluding hydrogens is 514 g/mol. The van der Waals surface area contributed by atoms with Crippen LogP contribution < -0.4 is 9.47 Å². The standard InChI is InChI=1S/C31H35NO6S/c1-19-14-15-32(17-19)20(2)18-36-25-10-8-22(9-11-25)30-28(23-6-5-7-24(33)16-23)21(3)29-27(37-30)13-12-26(34)31(29)39-38-35-4/h5-13,16,19-20,30,33-34H,14-15,17-18H2,1-4H3. The number of hydrogen-bond donors (Lipinski definition) is 2. The number of rotatable bonds is 9. The fourth-order valence-electron chi connectivity index (χ4n) is 5.38. The maximum atomic E-state index is 10.6. The van der Waals surface area contributed by atoms with Crippen LogP contribution in [-0.2, 0) is 9.22 Å². The Bertz CT molecular complexity index is 1340. The van der Waals surface area contributed by atoms with Crippen molar-refractivity contribution < 1.29 is 28.9 Å². The van der Waals surface area contributed by atoms with Gasteiger partial charge < -0.3 is 19.7 Å². The van der Waals surface area contributed by atoms with Gasteiger partial charge in [0, 0.05) is 23.7 Å². The van der Waals surface area contributed by atoms with Gasteiger partial charge in [-0.25, -0.2) is 4.89 Å². The number of nitrogens with zero attached hydrogens (tertiary/aromatic N) is 1. The molecule has 1 saturated heterocycles. The van der Waals surface area contributed by atoms with Crippen LogP contribution in [0.25, 0.3) is 11.1 Å². The summed E-state index contributed by atoms with van der Waals surface area (Å²) in [6.07, 6.45) is 0.807. The van der Waals surface area contributed by atoms with Crippen molar-refractivity contribution in [1.82, 2.24) is 4.90 Å². The summed E-state index contributed by atoms with van der Waals surface area (Å²) >= 11 is 0.926. The molecule has 39 heavy (non-hydrogen) atoms. The molecule has 0 bridgehead atoms. The molecule has 5 rings (SSSR count). The molecule has 3 aromatic rings. The molecule has 3 aromatic carbocycles. The molecule has 0 spiro atoms. The fraction of sp³-hybridized carbons (Fsp3) is 0.355. The Balaban J connectivity index is 1.46. The Hall–Kier alpha value is -3.17. The second-order valence-corrected chi connectivity index (χ2v) is 11.0. The third-order valence-corrected chi connectivity index (χ3v) is 8.26. The molecule has 2 aliphatic heterocycles. The maximum absolute atomic E-state index is 10.6. The van der Waals surface area contributed by atoms with Gasteiger partial charge in [0.2, 0.25) is 0 Å². The second-order valence-electron chi connectivity index (χ2n) is 10.3. The minimum absolute atomic E-state index is 0.0616. The van der Waals surface area contributed by atoms with Gasteiger partial charge in [0.25, 0.3) is 0 Å². The number of hydrogen-bond acceptors (Lipinski definition) is 8. The molecule has 3 unspecified atom stereocenters. The molecule has 206 valence electrons. The monoisotopic (exact) mass is 549 g/mol. The van der Waals surface area contributed by atoms with Crippen LogP contribution in [0.2, 0.25) is 0 Å². The average molecular weight is 550 g/mol. The van der Waals surface area contributed by atoms with E-state index >= 15 is 0 Å².